The summed E-state index contributed by atoms with van der Waals surface area (Å²) in [6.07, 6.45) is 6.82. The minimum atomic E-state index is 0.431. The van der Waals surface area contributed by atoms with Crippen molar-refractivity contribution in [1.29, 1.82) is 0 Å². The first-order valence-electron chi connectivity index (χ1n) is 6.37. The number of aromatic nitrogens is 2. The molecule has 1 unspecified atom stereocenters. The van der Waals surface area contributed by atoms with Crippen LogP contribution in [-0.4, -0.2) is 36.0 Å². The van der Waals surface area contributed by atoms with Gasteiger partial charge in [0.2, 0.25) is 0 Å². The summed E-state index contributed by atoms with van der Waals surface area (Å²) in [4.78, 5) is 11.3. The van der Waals surface area contributed by atoms with Crippen molar-refractivity contribution in [2.45, 2.75) is 38.3 Å². The van der Waals surface area contributed by atoms with Gasteiger partial charge in [0.15, 0.2) is 0 Å². The van der Waals surface area contributed by atoms with Crippen LogP contribution in [-0.2, 0) is 13.0 Å². The van der Waals surface area contributed by atoms with E-state index in [-0.39, 0.29) is 0 Å². The molecule has 2 rings (SSSR count). The molecule has 0 aromatic carbocycles. The van der Waals surface area contributed by atoms with Gasteiger partial charge in [0.05, 0.1) is 6.54 Å². The zero-order chi connectivity index (χ0) is 12.3. The summed E-state index contributed by atoms with van der Waals surface area (Å²) in [5, 5.41) is 3.37. The van der Waals surface area contributed by atoms with Crippen LogP contribution < -0.4 is 5.32 Å². The summed E-state index contributed by atoms with van der Waals surface area (Å²) in [5.41, 5.74) is 2.54. The van der Waals surface area contributed by atoms with E-state index >= 15 is 0 Å². The van der Waals surface area contributed by atoms with E-state index in [2.05, 4.69) is 15.2 Å². The van der Waals surface area contributed by atoms with Crippen molar-refractivity contribution in [3.8, 4) is 0 Å². The van der Waals surface area contributed by atoms with E-state index in [1.807, 2.05) is 27.3 Å². The second-order valence-corrected chi connectivity index (χ2v) is 5.01. The second-order valence-electron chi connectivity index (χ2n) is 5.01. The fraction of sp³-hybridized carbons (Fsp3) is 0.692. The molecule has 0 spiro atoms. The lowest BCUT2D eigenvalue weighted by Gasteiger charge is -2.17. The number of nitrogens with zero attached hydrogens (tertiary/aromatic N) is 3. The third kappa shape index (κ3) is 3.01. The Balaban J connectivity index is 2.27. The van der Waals surface area contributed by atoms with Crippen molar-refractivity contribution in [3.63, 3.8) is 0 Å². The molecule has 1 aliphatic rings. The van der Waals surface area contributed by atoms with Gasteiger partial charge in [0.25, 0.3) is 0 Å². The molecule has 1 atom stereocenters. The van der Waals surface area contributed by atoms with Crippen LogP contribution in [0.3, 0.4) is 0 Å². The monoisotopic (exact) mass is 234 g/mol. The van der Waals surface area contributed by atoms with Crippen LogP contribution in [0.5, 0.6) is 0 Å². The average Bonchev–Trinajstić information content (AvgIpc) is 2.49. The lowest BCUT2D eigenvalue weighted by molar-refractivity contribution is 0.389. The van der Waals surface area contributed by atoms with E-state index in [0.29, 0.717) is 6.04 Å². The van der Waals surface area contributed by atoms with E-state index in [1.54, 1.807) is 0 Å². The highest BCUT2D eigenvalue weighted by molar-refractivity contribution is 5.23. The molecule has 4 heteroatoms. The topological polar surface area (TPSA) is 41.1 Å². The van der Waals surface area contributed by atoms with Crippen molar-refractivity contribution >= 4 is 0 Å². The molecule has 1 heterocycles. The summed E-state index contributed by atoms with van der Waals surface area (Å²) < 4.78 is 0. The van der Waals surface area contributed by atoms with Gasteiger partial charge in [-0.05, 0) is 40.4 Å². The van der Waals surface area contributed by atoms with Crippen LogP contribution in [0.15, 0.2) is 6.20 Å². The molecule has 4 nitrogen and oxygen atoms in total. The first-order chi connectivity index (χ1) is 8.20. The molecular weight excluding hydrogens is 212 g/mol. The summed E-state index contributed by atoms with van der Waals surface area (Å²) >= 11 is 0. The molecule has 1 aliphatic carbocycles. The molecule has 1 N–H and O–H groups in total. The van der Waals surface area contributed by atoms with Gasteiger partial charge in [-0.25, -0.2) is 9.97 Å². The van der Waals surface area contributed by atoms with Gasteiger partial charge in [-0.3, -0.25) is 0 Å². The summed E-state index contributed by atoms with van der Waals surface area (Å²) in [7, 11) is 6.12. The Morgan fingerprint density at radius 3 is 2.94 bits per heavy atom. The lowest BCUT2D eigenvalue weighted by Crippen LogP contribution is -2.19. The van der Waals surface area contributed by atoms with Gasteiger partial charge in [0, 0.05) is 23.5 Å². The normalized spacial score (nSPS) is 20.1. The third-order valence-corrected chi connectivity index (χ3v) is 3.29. The van der Waals surface area contributed by atoms with Crippen LogP contribution in [0.2, 0.25) is 0 Å². The fourth-order valence-corrected chi connectivity index (χ4v) is 2.41. The lowest BCUT2D eigenvalue weighted by atomic mass is 10.1. The van der Waals surface area contributed by atoms with Crippen molar-refractivity contribution in [1.82, 2.24) is 20.2 Å². The highest BCUT2D eigenvalue weighted by Gasteiger charge is 2.19. The SMILES string of the molecule is CNC1CCCCc2nc(CN(C)C)ncc21. The molecule has 17 heavy (non-hydrogen) atoms. The maximum absolute atomic E-state index is 4.72. The van der Waals surface area contributed by atoms with Gasteiger partial charge >= 0.3 is 0 Å². The van der Waals surface area contributed by atoms with Gasteiger partial charge in [-0.15, -0.1) is 0 Å². The number of hydrogen-bond acceptors (Lipinski definition) is 4. The van der Waals surface area contributed by atoms with E-state index in [1.165, 1.54) is 30.5 Å². The Kier molecular flexibility index (Phi) is 4.07. The van der Waals surface area contributed by atoms with Crippen molar-refractivity contribution in [2.24, 2.45) is 0 Å². The smallest absolute Gasteiger partial charge is 0.142 e. The standard InChI is InChI=1S/C13H22N4/c1-14-11-6-4-5-7-12-10(11)8-15-13(16-12)9-17(2)3/h8,11,14H,4-7,9H2,1-3H3. The molecular formula is C13H22N4. The zero-order valence-corrected chi connectivity index (χ0v) is 11.0. The molecule has 0 aliphatic heterocycles. The van der Waals surface area contributed by atoms with E-state index in [0.717, 1.165) is 18.8 Å². The van der Waals surface area contributed by atoms with Crippen molar-refractivity contribution in [2.75, 3.05) is 21.1 Å². The number of rotatable bonds is 3. The molecule has 94 valence electrons. The number of fused-ring (bicyclic) bond motifs is 1. The van der Waals surface area contributed by atoms with Gasteiger partial charge in [0.1, 0.15) is 5.82 Å². The summed E-state index contributed by atoms with van der Waals surface area (Å²) in [6.45, 7) is 0.817. The quantitative estimate of drug-likeness (QED) is 0.805. The van der Waals surface area contributed by atoms with Gasteiger partial charge in [-0.2, -0.15) is 0 Å². The first-order valence-corrected chi connectivity index (χ1v) is 6.37. The number of nitrogens with one attached hydrogen (secondary N) is 1. The minimum Gasteiger partial charge on any atom is -0.313 e. The van der Waals surface area contributed by atoms with E-state index < -0.39 is 0 Å². The maximum atomic E-state index is 4.72. The summed E-state index contributed by atoms with van der Waals surface area (Å²) in [5.74, 6) is 0.936. The van der Waals surface area contributed by atoms with Gasteiger partial charge in [-0.1, -0.05) is 6.42 Å². The molecule has 0 amide bonds. The molecule has 0 bridgehead atoms. The van der Waals surface area contributed by atoms with E-state index in [4.69, 9.17) is 4.98 Å². The van der Waals surface area contributed by atoms with Crippen LogP contribution >= 0.6 is 0 Å². The Bertz CT molecular complexity index is 376. The fourth-order valence-electron chi connectivity index (χ4n) is 2.41. The van der Waals surface area contributed by atoms with Gasteiger partial charge < -0.3 is 10.2 Å². The predicted molar refractivity (Wildman–Crippen MR) is 68.8 cm³/mol. The van der Waals surface area contributed by atoms with Crippen LogP contribution in [0.25, 0.3) is 0 Å². The van der Waals surface area contributed by atoms with Crippen molar-refractivity contribution in [3.05, 3.63) is 23.3 Å². The highest BCUT2D eigenvalue weighted by Crippen LogP contribution is 2.26. The Morgan fingerprint density at radius 2 is 2.24 bits per heavy atom. The molecule has 1 aromatic rings. The zero-order valence-electron chi connectivity index (χ0n) is 11.0. The minimum absolute atomic E-state index is 0.431. The highest BCUT2D eigenvalue weighted by atomic mass is 15.1. The van der Waals surface area contributed by atoms with Crippen LogP contribution in [0.4, 0.5) is 0 Å². The second kappa shape index (κ2) is 5.56. The van der Waals surface area contributed by atoms with Crippen molar-refractivity contribution < 1.29 is 0 Å². The van der Waals surface area contributed by atoms with E-state index in [9.17, 15) is 0 Å². The first kappa shape index (κ1) is 12.5. The molecule has 1 aromatic heterocycles. The van der Waals surface area contributed by atoms with Crippen LogP contribution in [0.1, 0.15) is 42.4 Å². The molecule has 0 saturated heterocycles. The average molecular weight is 234 g/mol. The maximum Gasteiger partial charge on any atom is 0.142 e. The molecule has 0 saturated carbocycles. The van der Waals surface area contributed by atoms with Crippen LogP contribution in [0, 0.1) is 0 Å². The largest absolute Gasteiger partial charge is 0.313 e. The number of aryl methyl sites for hydroxylation is 1. The third-order valence-electron chi connectivity index (χ3n) is 3.29. The summed E-state index contributed by atoms with van der Waals surface area (Å²) in [6, 6.07) is 0.431. The number of hydrogen-bond donors (Lipinski definition) is 1. The Hall–Kier alpha value is -1.00. The predicted octanol–water partition coefficient (Wildman–Crippen LogP) is 1.53. The molecule has 0 radical (unpaired) electrons. The molecule has 0 fully saturated rings. The Labute approximate surface area is 103 Å². The Morgan fingerprint density at radius 1 is 1.41 bits per heavy atom.